The number of nitrogens with one attached hydrogen (secondary N) is 3. The van der Waals surface area contributed by atoms with Gasteiger partial charge in [-0.25, -0.2) is 9.78 Å². The van der Waals surface area contributed by atoms with Gasteiger partial charge in [0, 0.05) is 41.7 Å². The molecule has 3 N–H and O–H groups in total. The molecule has 5 aromatic rings. The molecule has 0 saturated carbocycles. The molecule has 10 heteroatoms. The third kappa shape index (κ3) is 8.95. The number of aryl methyl sites for hydroxylation is 1. The number of piperidine rings is 2. The van der Waals surface area contributed by atoms with Gasteiger partial charge in [-0.1, -0.05) is 54.6 Å². The molecule has 2 saturated heterocycles. The summed E-state index contributed by atoms with van der Waals surface area (Å²) in [7, 11) is 0. The van der Waals surface area contributed by atoms with Crippen LogP contribution in [0.25, 0.3) is 31.8 Å². The topological polar surface area (TPSA) is 113 Å². The van der Waals surface area contributed by atoms with Crippen molar-refractivity contribution >= 4 is 45.1 Å². The maximum atomic E-state index is 12.2. The summed E-state index contributed by atoms with van der Waals surface area (Å²) in [5.41, 5.74) is 8.64. The lowest BCUT2D eigenvalue weighted by Crippen LogP contribution is -2.47. The number of imide groups is 1. The maximum absolute atomic E-state index is 12.2. The summed E-state index contributed by atoms with van der Waals surface area (Å²) in [6.07, 6.45) is 4.58. The molecule has 3 amide bonds. The Morgan fingerprint density at radius 3 is 2.38 bits per heavy atom. The fourth-order valence-corrected chi connectivity index (χ4v) is 8.25. The Kier molecular flexibility index (Phi) is 10.6. The van der Waals surface area contributed by atoms with E-state index < -0.39 is 11.7 Å². The Bertz CT molecular complexity index is 2110. The van der Waals surface area contributed by atoms with Gasteiger partial charge in [-0.15, -0.1) is 11.3 Å². The number of fused-ring (bicyclic) bond motifs is 1. The van der Waals surface area contributed by atoms with Gasteiger partial charge < -0.3 is 15.4 Å². The highest BCUT2D eigenvalue weighted by Crippen LogP contribution is 2.38. The van der Waals surface area contributed by atoms with E-state index in [4.69, 9.17) is 9.72 Å². The number of hydrogen-bond donors (Lipinski definition) is 3. The van der Waals surface area contributed by atoms with Crippen molar-refractivity contribution in [1.29, 1.82) is 0 Å². The number of rotatable bonds is 9. The van der Waals surface area contributed by atoms with Crippen LogP contribution in [0.15, 0.2) is 85.1 Å². The number of nitrogens with zero attached hydrogens (tertiary/aromatic N) is 2. The molecule has 3 aromatic carbocycles. The molecule has 2 fully saturated rings. The van der Waals surface area contributed by atoms with Crippen molar-refractivity contribution in [1.82, 2.24) is 20.5 Å². The lowest BCUT2D eigenvalue weighted by molar-refractivity contribution is -0.133. The summed E-state index contributed by atoms with van der Waals surface area (Å²) < 4.78 is 5.39. The normalized spacial score (nSPS) is 17.1. The number of anilines is 1. The molecule has 1 unspecified atom stereocenters. The van der Waals surface area contributed by atoms with Crippen molar-refractivity contribution in [3.63, 3.8) is 0 Å². The maximum Gasteiger partial charge on any atom is 0.407 e. The van der Waals surface area contributed by atoms with Crippen molar-refractivity contribution in [2.75, 3.05) is 18.4 Å². The Balaban J connectivity index is 0.937. The Hall–Kier alpha value is -5.06. The van der Waals surface area contributed by atoms with Crippen molar-refractivity contribution < 1.29 is 19.1 Å². The zero-order valence-corrected chi connectivity index (χ0v) is 31.6. The van der Waals surface area contributed by atoms with E-state index in [0.717, 1.165) is 70.6 Å². The van der Waals surface area contributed by atoms with Crippen molar-refractivity contribution in [2.45, 2.75) is 84.0 Å². The molecule has 2 aromatic heterocycles. The average Bonchev–Trinajstić information content (AvgIpc) is 3.57. The fraction of sp³-hybridized carbons (Fsp3) is 0.349. The molecule has 7 rings (SSSR count). The predicted octanol–water partition coefficient (Wildman–Crippen LogP) is 8.56. The number of ether oxygens (including phenoxy) is 1. The number of thiophene rings is 1. The van der Waals surface area contributed by atoms with Gasteiger partial charge in [0.2, 0.25) is 11.8 Å². The number of likely N-dealkylation sites (tertiary alicyclic amines) is 1. The lowest BCUT2D eigenvalue weighted by Gasteiger charge is -2.32. The van der Waals surface area contributed by atoms with E-state index in [0.29, 0.717) is 25.3 Å². The van der Waals surface area contributed by atoms with E-state index in [1.165, 1.54) is 21.6 Å². The first-order valence-electron chi connectivity index (χ1n) is 18.4. The van der Waals surface area contributed by atoms with Crippen LogP contribution < -0.4 is 16.0 Å². The van der Waals surface area contributed by atoms with Crippen LogP contribution >= 0.6 is 11.3 Å². The van der Waals surface area contributed by atoms with Crippen molar-refractivity contribution in [2.24, 2.45) is 0 Å². The van der Waals surface area contributed by atoms with Crippen LogP contribution in [0.2, 0.25) is 0 Å². The number of amides is 3. The first-order valence-corrected chi connectivity index (χ1v) is 19.3. The smallest absolute Gasteiger partial charge is 0.407 e. The van der Waals surface area contributed by atoms with Gasteiger partial charge in [-0.05, 0) is 129 Å². The van der Waals surface area contributed by atoms with Crippen molar-refractivity contribution in [3.05, 3.63) is 107 Å². The van der Waals surface area contributed by atoms with E-state index in [2.05, 4.69) is 107 Å². The van der Waals surface area contributed by atoms with Crippen molar-refractivity contribution in [3.8, 4) is 21.6 Å². The van der Waals surface area contributed by atoms with Crippen LogP contribution in [-0.2, 0) is 27.4 Å². The molecule has 2 aliphatic rings. The van der Waals surface area contributed by atoms with Gasteiger partial charge >= 0.3 is 6.09 Å². The van der Waals surface area contributed by atoms with Crippen LogP contribution in [0, 0.1) is 6.92 Å². The first kappa shape index (κ1) is 36.3. The van der Waals surface area contributed by atoms with E-state index in [1.807, 2.05) is 27.0 Å². The van der Waals surface area contributed by atoms with Gasteiger partial charge in [0.05, 0.1) is 0 Å². The minimum atomic E-state index is -0.532. The van der Waals surface area contributed by atoms with Crippen LogP contribution in [0.4, 0.5) is 10.5 Å². The molecule has 274 valence electrons. The first-order chi connectivity index (χ1) is 25.5. The molecule has 2 aliphatic heterocycles. The largest absolute Gasteiger partial charge is 0.444 e. The second kappa shape index (κ2) is 15.5. The van der Waals surface area contributed by atoms with Gasteiger partial charge in [-0.2, -0.15) is 0 Å². The van der Waals surface area contributed by atoms with Gasteiger partial charge in [-0.3, -0.25) is 19.8 Å². The second-order valence-electron chi connectivity index (χ2n) is 15.2. The molecule has 0 aliphatic carbocycles. The Labute approximate surface area is 315 Å². The zero-order valence-electron chi connectivity index (χ0n) is 30.8. The van der Waals surface area contributed by atoms with Crippen LogP contribution in [0.5, 0.6) is 0 Å². The number of alkyl carbamates (subject to hydrolysis) is 1. The monoisotopic (exact) mass is 729 g/mol. The molecule has 9 nitrogen and oxygen atoms in total. The van der Waals surface area contributed by atoms with Crippen LogP contribution in [0.3, 0.4) is 0 Å². The Morgan fingerprint density at radius 2 is 1.68 bits per heavy atom. The quantitative estimate of drug-likeness (QED) is 0.130. The third-order valence-electron chi connectivity index (χ3n) is 10.1. The van der Waals surface area contributed by atoms with E-state index in [-0.39, 0.29) is 17.9 Å². The minimum Gasteiger partial charge on any atom is -0.444 e. The van der Waals surface area contributed by atoms with Gasteiger partial charge in [0.15, 0.2) is 0 Å². The Morgan fingerprint density at radius 1 is 0.943 bits per heavy atom. The number of hydrogen-bond acceptors (Lipinski definition) is 8. The minimum absolute atomic E-state index is 0.199. The molecular weight excluding hydrogens is 683 g/mol. The zero-order chi connectivity index (χ0) is 37.1. The highest BCUT2D eigenvalue weighted by Gasteiger charge is 2.27. The molecular formula is C43H47N5O4S. The molecule has 1 atom stereocenters. The lowest BCUT2D eigenvalue weighted by atomic mass is 9.89. The molecule has 0 radical (unpaired) electrons. The van der Waals surface area contributed by atoms with Crippen LogP contribution in [0.1, 0.15) is 74.6 Å². The number of carbonyl (C=O) groups excluding carboxylic acids is 3. The standard InChI is InChI=1S/C43H47N5O4S/c1-27-23-32(9-10-33(27)25-45-42(51)52-43(2,3)4)35-17-20-44-41-36(35)24-38(53-41)31-7-5-28(6-8-31)26-48-21-18-30(19-22-48)29-11-13-34(14-12-29)46-37-15-16-39(49)47-40(37)50/h5-14,17,20,23-24,30,37,46H,15-16,18-19,21-22,25-26H2,1-4H3,(H,45,51)(H,47,49,50). The summed E-state index contributed by atoms with van der Waals surface area (Å²) in [6.45, 7) is 11.1. The van der Waals surface area contributed by atoms with E-state index in [1.54, 1.807) is 11.3 Å². The summed E-state index contributed by atoms with van der Waals surface area (Å²) in [6, 6.07) is 27.7. The SMILES string of the molecule is Cc1cc(-c2ccnc3sc(-c4ccc(CN5CCC(c6ccc(NC7CCC(=O)NC7=O)cc6)CC5)cc4)cc23)ccc1CNC(=O)OC(C)(C)C. The third-order valence-corrected chi connectivity index (χ3v) is 11.2. The number of aromatic nitrogens is 1. The van der Waals surface area contributed by atoms with E-state index in [9.17, 15) is 14.4 Å². The van der Waals surface area contributed by atoms with Crippen LogP contribution in [-0.4, -0.2) is 52.5 Å². The second-order valence-corrected chi connectivity index (χ2v) is 16.2. The van der Waals surface area contributed by atoms with Gasteiger partial charge in [0.25, 0.3) is 0 Å². The number of carbonyl (C=O) groups is 3. The molecule has 4 heterocycles. The molecule has 53 heavy (non-hydrogen) atoms. The predicted molar refractivity (Wildman–Crippen MR) is 212 cm³/mol. The van der Waals surface area contributed by atoms with Gasteiger partial charge in [0.1, 0.15) is 16.5 Å². The fourth-order valence-electron chi connectivity index (χ4n) is 7.22. The number of benzene rings is 3. The number of pyridine rings is 1. The summed E-state index contributed by atoms with van der Waals surface area (Å²) in [5.74, 6) is 0.0731. The summed E-state index contributed by atoms with van der Waals surface area (Å²) >= 11 is 1.71. The molecule has 0 bridgehead atoms. The summed E-state index contributed by atoms with van der Waals surface area (Å²) in [4.78, 5) is 45.2. The average molecular weight is 730 g/mol. The highest BCUT2D eigenvalue weighted by molar-refractivity contribution is 7.21. The highest BCUT2D eigenvalue weighted by atomic mass is 32.1. The van der Waals surface area contributed by atoms with E-state index >= 15 is 0 Å². The summed E-state index contributed by atoms with van der Waals surface area (Å²) in [5, 5.41) is 9.68. The molecule has 0 spiro atoms.